The summed E-state index contributed by atoms with van der Waals surface area (Å²) in [5, 5.41) is 5.32. The molecule has 122 valence electrons. The maximum absolute atomic E-state index is 11.7. The topological polar surface area (TPSA) is 80.6 Å². The van der Waals surface area contributed by atoms with Gasteiger partial charge in [0.2, 0.25) is 0 Å². The van der Waals surface area contributed by atoms with Crippen LogP contribution in [0.1, 0.15) is 21.7 Å². The van der Waals surface area contributed by atoms with Gasteiger partial charge in [0.25, 0.3) is 11.8 Å². The van der Waals surface area contributed by atoms with E-state index in [1.165, 1.54) is 6.26 Å². The minimum Gasteiger partial charge on any atom is -0.483 e. The van der Waals surface area contributed by atoms with Crippen LogP contribution in [-0.2, 0) is 4.79 Å². The van der Waals surface area contributed by atoms with Crippen molar-refractivity contribution in [1.29, 1.82) is 0 Å². The van der Waals surface area contributed by atoms with E-state index in [1.54, 1.807) is 12.1 Å². The maximum atomic E-state index is 11.7. The van der Waals surface area contributed by atoms with Gasteiger partial charge in [-0.25, -0.2) is 0 Å². The molecule has 0 saturated heterocycles. The zero-order valence-electron chi connectivity index (χ0n) is 13.2. The second kappa shape index (κ2) is 8.03. The van der Waals surface area contributed by atoms with Crippen LogP contribution in [0.4, 0.5) is 0 Å². The molecule has 1 aromatic carbocycles. The van der Waals surface area contributed by atoms with E-state index < -0.39 is 0 Å². The molecule has 0 atom stereocenters. The number of carbonyl (C=O) groups is 2. The van der Waals surface area contributed by atoms with Crippen molar-refractivity contribution in [3.63, 3.8) is 0 Å². The molecule has 0 spiro atoms. The molecule has 6 heteroatoms. The first kappa shape index (κ1) is 16.6. The SMILES string of the molecule is Cc1ccc(C)c(OCC(=O)NCCNC(=O)c2ccco2)c1. The van der Waals surface area contributed by atoms with E-state index in [0.29, 0.717) is 18.8 Å². The molecule has 1 aromatic heterocycles. The van der Waals surface area contributed by atoms with Crippen LogP contribution in [0.2, 0.25) is 0 Å². The number of hydrogen-bond donors (Lipinski definition) is 2. The number of aryl methyl sites for hydroxylation is 2. The highest BCUT2D eigenvalue weighted by Gasteiger charge is 2.08. The molecule has 1 heterocycles. The molecule has 0 unspecified atom stereocenters. The largest absolute Gasteiger partial charge is 0.483 e. The van der Waals surface area contributed by atoms with E-state index >= 15 is 0 Å². The fourth-order valence-electron chi connectivity index (χ4n) is 1.93. The third-order valence-corrected chi connectivity index (χ3v) is 3.18. The van der Waals surface area contributed by atoms with Crippen molar-refractivity contribution in [2.45, 2.75) is 13.8 Å². The Morgan fingerprint density at radius 1 is 1.13 bits per heavy atom. The van der Waals surface area contributed by atoms with Gasteiger partial charge in [-0.15, -0.1) is 0 Å². The number of benzene rings is 1. The highest BCUT2D eigenvalue weighted by molar-refractivity contribution is 5.91. The van der Waals surface area contributed by atoms with E-state index in [2.05, 4.69) is 10.6 Å². The highest BCUT2D eigenvalue weighted by atomic mass is 16.5. The van der Waals surface area contributed by atoms with Gasteiger partial charge in [0, 0.05) is 13.1 Å². The summed E-state index contributed by atoms with van der Waals surface area (Å²) < 4.78 is 10.5. The lowest BCUT2D eigenvalue weighted by Crippen LogP contribution is -2.36. The average Bonchev–Trinajstić information content (AvgIpc) is 3.06. The quantitative estimate of drug-likeness (QED) is 0.764. The number of carbonyl (C=O) groups excluding carboxylic acids is 2. The Hall–Kier alpha value is -2.76. The maximum Gasteiger partial charge on any atom is 0.287 e. The van der Waals surface area contributed by atoms with Crippen molar-refractivity contribution in [2.75, 3.05) is 19.7 Å². The van der Waals surface area contributed by atoms with Crippen LogP contribution in [0.3, 0.4) is 0 Å². The lowest BCUT2D eigenvalue weighted by Gasteiger charge is -2.10. The first-order chi connectivity index (χ1) is 11.1. The summed E-state index contributed by atoms with van der Waals surface area (Å²) >= 11 is 0. The van der Waals surface area contributed by atoms with Crippen LogP contribution in [0.5, 0.6) is 5.75 Å². The molecule has 0 aliphatic rings. The lowest BCUT2D eigenvalue weighted by atomic mass is 10.1. The van der Waals surface area contributed by atoms with Crippen molar-refractivity contribution in [3.05, 3.63) is 53.5 Å². The fraction of sp³-hybridized carbons (Fsp3) is 0.294. The van der Waals surface area contributed by atoms with E-state index in [4.69, 9.17) is 9.15 Å². The number of nitrogens with one attached hydrogen (secondary N) is 2. The monoisotopic (exact) mass is 316 g/mol. The number of rotatable bonds is 7. The minimum atomic E-state index is -0.309. The van der Waals surface area contributed by atoms with Crippen LogP contribution in [0, 0.1) is 13.8 Å². The normalized spacial score (nSPS) is 10.2. The van der Waals surface area contributed by atoms with E-state index in [9.17, 15) is 9.59 Å². The van der Waals surface area contributed by atoms with Gasteiger partial charge in [0.05, 0.1) is 6.26 Å². The summed E-state index contributed by atoms with van der Waals surface area (Å²) in [5.41, 5.74) is 2.06. The first-order valence-electron chi connectivity index (χ1n) is 7.34. The van der Waals surface area contributed by atoms with Crippen molar-refractivity contribution < 1.29 is 18.7 Å². The Morgan fingerprint density at radius 3 is 2.65 bits per heavy atom. The number of hydrogen-bond acceptors (Lipinski definition) is 4. The smallest absolute Gasteiger partial charge is 0.287 e. The van der Waals surface area contributed by atoms with Crippen molar-refractivity contribution in [2.24, 2.45) is 0 Å². The molecule has 6 nitrogen and oxygen atoms in total. The molecule has 0 saturated carbocycles. The van der Waals surface area contributed by atoms with Gasteiger partial charge >= 0.3 is 0 Å². The molecule has 2 N–H and O–H groups in total. The average molecular weight is 316 g/mol. The number of amides is 2. The van der Waals surface area contributed by atoms with Crippen molar-refractivity contribution >= 4 is 11.8 Å². The molecule has 2 rings (SSSR count). The summed E-state index contributed by atoms with van der Waals surface area (Å²) in [6.45, 7) is 4.47. The molecular weight excluding hydrogens is 296 g/mol. The zero-order chi connectivity index (χ0) is 16.7. The highest BCUT2D eigenvalue weighted by Crippen LogP contribution is 2.18. The second-order valence-corrected chi connectivity index (χ2v) is 5.14. The Bertz CT molecular complexity index is 665. The summed E-state index contributed by atoms with van der Waals surface area (Å²) in [5.74, 6) is 0.398. The predicted molar refractivity (Wildman–Crippen MR) is 85.5 cm³/mol. The predicted octanol–water partition coefficient (Wildman–Crippen LogP) is 1.82. The Morgan fingerprint density at radius 2 is 1.91 bits per heavy atom. The standard InChI is InChI=1S/C17H20N2O4/c1-12-5-6-13(2)15(10-12)23-11-16(20)18-7-8-19-17(21)14-4-3-9-22-14/h3-6,9-10H,7-8,11H2,1-2H3,(H,18,20)(H,19,21). The Kier molecular flexibility index (Phi) is 5.80. The first-order valence-corrected chi connectivity index (χ1v) is 7.34. The third-order valence-electron chi connectivity index (χ3n) is 3.18. The van der Waals surface area contributed by atoms with Crippen LogP contribution in [0.25, 0.3) is 0 Å². The van der Waals surface area contributed by atoms with Gasteiger partial charge in [-0.2, -0.15) is 0 Å². The van der Waals surface area contributed by atoms with Gasteiger partial charge < -0.3 is 19.8 Å². The second-order valence-electron chi connectivity index (χ2n) is 5.14. The molecular formula is C17H20N2O4. The molecule has 0 bridgehead atoms. The lowest BCUT2D eigenvalue weighted by molar-refractivity contribution is -0.123. The van der Waals surface area contributed by atoms with Crippen LogP contribution >= 0.6 is 0 Å². The molecule has 0 fully saturated rings. The van der Waals surface area contributed by atoms with E-state index in [0.717, 1.165) is 11.1 Å². The molecule has 2 aromatic rings. The zero-order valence-corrected chi connectivity index (χ0v) is 13.2. The van der Waals surface area contributed by atoms with Gasteiger partial charge in [-0.05, 0) is 43.2 Å². The van der Waals surface area contributed by atoms with Gasteiger partial charge in [-0.3, -0.25) is 9.59 Å². The van der Waals surface area contributed by atoms with E-state index in [-0.39, 0.29) is 24.2 Å². The fourth-order valence-corrected chi connectivity index (χ4v) is 1.93. The number of ether oxygens (including phenoxy) is 1. The summed E-state index contributed by atoms with van der Waals surface area (Å²) in [6, 6.07) is 9.05. The summed E-state index contributed by atoms with van der Waals surface area (Å²) in [6.07, 6.45) is 1.43. The van der Waals surface area contributed by atoms with Crippen LogP contribution in [-0.4, -0.2) is 31.5 Å². The minimum absolute atomic E-state index is 0.0591. The number of furan rings is 1. The van der Waals surface area contributed by atoms with E-state index in [1.807, 2.05) is 32.0 Å². The van der Waals surface area contributed by atoms with Gasteiger partial charge in [0.15, 0.2) is 12.4 Å². The molecule has 0 aliphatic heterocycles. The molecule has 2 amide bonds. The molecule has 0 radical (unpaired) electrons. The van der Waals surface area contributed by atoms with Crippen LogP contribution < -0.4 is 15.4 Å². The van der Waals surface area contributed by atoms with Gasteiger partial charge in [-0.1, -0.05) is 12.1 Å². The van der Waals surface area contributed by atoms with Crippen molar-refractivity contribution in [1.82, 2.24) is 10.6 Å². The molecule has 23 heavy (non-hydrogen) atoms. The third kappa shape index (κ3) is 5.18. The van der Waals surface area contributed by atoms with Crippen molar-refractivity contribution in [3.8, 4) is 5.75 Å². The summed E-state index contributed by atoms with van der Waals surface area (Å²) in [7, 11) is 0. The molecule has 0 aliphatic carbocycles. The van der Waals surface area contributed by atoms with Crippen LogP contribution in [0.15, 0.2) is 41.0 Å². The van der Waals surface area contributed by atoms with Gasteiger partial charge in [0.1, 0.15) is 5.75 Å². The Balaban J connectivity index is 1.65. The summed E-state index contributed by atoms with van der Waals surface area (Å²) in [4.78, 5) is 23.3. The Labute approximate surface area is 134 Å².